The molecule has 4 rings (SSSR count). The van der Waals surface area contributed by atoms with Crippen LogP contribution >= 0.6 is 11.3 Å². The van der Waals surface area contributed by atoms with Crippen molar-refractivity contribution in [2.75, 3.05) is 0 Å². The zero-order chi connectivity index (χ0) is 13.5. The van der Waals surface area contributed by atoms with Crippen LogP contribution in [-0.4, -0.2) is 14.8 Å². The largest absolute Gasteiger partial charge is 0.268 e. The van der Waals surface area contributed by atoms with Crippen molar-refractivity contribution in [3.63, 3.8) is 0 Å². The van der Waals surface area contributed by atoms with Gasteiger partial charge in [0.05, 0.1) is 5.69 Å². The molecule has 4 heterocycles. The fraction of sp³-hybridized carbons (Fsp3) is 0.250. The van der Waals surface area contributed by atoms with Gasteiger partial charge in [0, 0.05) is 23.5 Å². The predicted molar refractivity (Wildman–Crippen MR) is 81.8 cm³/mol. The maximum atomic E-state index is 4.82. The number of hydrogen-bond acceptors (Lipinski definition) is 3. The van der Waals surface area contributed by atoms with E-state index < -0.39 is 0 Å². The number of rotatable bonds is 2. The highest BCUT2D eigenvalue weighted by molar-refractivity contribution is 7.08. The van der Waals surface area contributed by atoms with Crippen LogP contribution in [0.2, 0.25) is 0 Å². The second kappa shape index (κ2) is 4.56. The molecule has 0 spiro atoms. The third-order valence-electron chi connectivity index (χ3n) is 3.78. The Kier molecular flexibility index (Phi) is 2.70. The number of pyridine rings is 1. The van der Waals surface area contributed by atoms with E-state index in [0.29, 0.717) is 0 Å². The summed E-state index contributed by atoms with van der Waals surface area (Å²) in [6, 6.07) is 8.32. The first-order valence-corrected chi connectivity index (χ1v) is 7.83. The van der Waals surface area contributed by atoms with Crippen molar-refractivity contribution in [3.05, 3.63) is 46.4 Å². The van der Waals surface area contributed by atoms with Gasteiger partial charge in [0.25, 0.3) is 0 Å². The summed E-state index contributed by atoms with van der Waals surface area (Å²) in [7, 11) is 0. The van der Waals surface area contributed by atoms with E-state index in [-0.39, 0.29) is 0 Å². The van der Waals surface area contributed by atoms with Gasteiger partial charge in [0.15, 0.2) is 0 Å². The number of hydrogen-bond donors (Lipinski definition) is 0. The molecule has 0 unspecified atom stereocenters. The SMILES string of the molecule is Cc1cccc(-c2nn3c(c2-c2ccsc2)CCC3)n1. The molecule has 0 aliphatic carbocycles. The second-order valence-electron chi connectivity index (χ2n) is 5.17. The monoisotopic (exact) mass is 281 g/mol. The van der Waals surface area contributed by atoms with Crippen LogP contribution in [0.5, 0.6) is 0 Å². The Labute approximate surface area is 121 Å². The molecule has 1 aliphatic rings. The lowest BCUT2D eigenvalue weighted by molar-refractivity contribution is 0.658. The zero-order valence-electron chi connectivity index (χ0n) is 11.3. The van der Waals surface area contributed by atoms with Gasteiger partial charge in [0.2, 0.25) is 0 Å². The number of fused-ring (bicyclic) bond motifs is 1. The molecule has 0 fully saturated rings. The van der Waals surface area contributed by atoms with Crippen LogP contribution in [0.1, 0.15) is 17.8 Å². The number of aromatic nitrogens is 3. The summed E-state index contributed by atoms with van der Waals surface area (Å²) in [5.41, 5.74) is 6.96. The predicted octanol–water partition coefficient (Wildman–Crippen LogP) is 3.93. The van der Waals surface area contributed by atoms with Crippen LogP contribution < -0.4 is 0 Å². The summed E-state index contributed by atoms with van der Waals surface area (Å²) in [6.07, 6.45) is 2.31. The van der Waals surface area contributed by atoms with E-state index in [4.69, 9.17) is 5.10 Å². The molecule has 0 saturated heterocycles. The highest BCUT2D eigenvalue weighted by Gasteiger charge is 2.24. The van der Waals surface area contributed by atoms with E-state index >= 15 is 0 Å². The Morgan fingerprint density at radius 2 is 2.20 bits per heavy atom. The Balaban J connectivity index is 1.96. The van der Waals surface area contributed by atoms with Gasteiger partial charge < -0.3 is 0 Å². The first-order valence-electron chi connectivity index (χ1n) is 6.89. The number of nitrogens with zero attached hydrogens (tertiary/aromatic N) is 3. The normalized spacial score (nSPS) is 13.7. The maximum absolute atomic E-state index is 4.82. The summed E-state index contributed by atoms with van der Waals surface area (Å²) >= 11 is 1.73. The molecule has 3 aromatic rings. The molecule has 4 heteroatoms. The molecular formula is C16H15N3S. The first-order chi connectivity index (χ1) is 9.83. The fourth-order valence-electron chi connectivity index (χ4n) is 2.90. The summed E-state index contributed by atoms with van der Waals surface area (Å²) in [5, 5.41) is 9.15. The fourth-order valence-corrected chi connectivity index (χ4v) is 3.54. The van der Waals surface area contributed by atoms with E-state index in [1.165, 1.54) is 23.2 Å². The molecule has 100 valence electrons. The highest BCUT2D eigenvalue weighted by atomic mass is 32.1. The topological polar surface area (TPSA) is 30.7 Å². The van der Waals surface area contributed by atoms with Crippen LogP contribution in [-0.2, 0) is 13.0 Å². The standard InChI is InChI=1S/C16H15N3S/c1-11-4-2-5-13(17-11)16-15(12-7-9-20-10-12)14-6-3-8-19(14)18-16/h2,4-5,7,9-10H,3,6,8H2,1H3. The molecule has 0 radical (unpaired) electrons. The molecule has 1 aliphatic heterocycles. The Morgan fingerprint density at radius 1 is 1.25 bits per heavy atom. The molecule has 0 amide bonds. The van der Waals surface area contributed by atoms with Gasteiger partial charge in [-0.05, 0) is 54.3 Å². The van der Waals surface area contributed by atoms with Gasteiger partial charge in [0.1, 0.15) is 5.69 Å². The third kappa shape index (κ3) is 1.79. The minimum absolute atomic E-state index is 0.980. The maximum Gasteiger partial charge on any atom is 0.119 e. The van der Waals surface area contributed by atoms with Crippen LogP contribution in [0.15, 0.2) is 35.0 Å². The molecule has 0 saturated carbocycles. The van der Waals surface area contributed by atoms with E-state index in [2.05, 4.69) is 38.6 Å². The highest BCUT2D eigenvalue weighted by Crippen LogP contribution is 2.37. The Hall–Kier alpha value is -1.94. The molecular weight excluding hydrogens is 266 g/mol. The van der Waals surface area contributed by atoms with Crippen molar-refractivity contribution < 1.29 is 0 Å². The molecule has 0 bridgehead atoms. The van der Waals surface area contributed by atoms with Crippen LogP contribution in [0.4, 0.5) is 0 Å². The Bertz CT molecular complexity index is 756. The summed E-state index contributed by atoms with van der Waals surface area (Å²) in [4.78, 5) is 4.65. The summed E-state index contributed by atoms with van der Waals surface area (Å²) < 4.78 is 2.16. The van der Waals surface area contributed by atoms with Crippen molar-refractivity contribution in [2.45, 2.75) is 26.3 Å². The minimum Gasteiger partial charge on any atom is -0.268 e. The lowest BCUT2D eigenvalue weighted by Gasteiger charge is -2.03. The van der Waals surface area contributed by atoms with E-state index in [9.17, 15) is 0 Å². The summed E-state index contributed by atoms with van der Waals surface area (Å²) in [5.74, 6) is 0. The zero-order valence-corrected chi connectivity index (χ0v) is 12.2. The number of aryl methyl sites for hydroxylation is 2. The second-order valence-corrected chi connectivity index (χ2v) is 5.95. The van der Waals surface area contributed by atoms with E-state index in [0.717, 1.165) is 30.0 Å². The number of thiophene rings is 1. The van der Waals surface area contributed by atoms with Gasteiger partial charge in [-0.2, -0.15) is 16.4 Å². The molecule has 0 aromatic carbocycles. The van der Waals surface area contributed by atoms with Crippen molar-refractivity contribution in [3.8, 4) is 22.5 Å². The average molecular weight is 281 g/mol. The van der Waals surface area contributed by atoms with Crippen LogP contribution in [0.3, 0.4) is 0 Å². The lowest BCUT2D eigenvalue weighted by atomic mass is 10.0. The van der Waals surface area contributed by atoms with Gasteiger partial charge >= 0.3 is 0 Å². The van der Waals surface area contributed by atoms with Crippen molar-refractivity contribution in [1.82, 2.24) is 14.8 Å². The quantitative estimate of drug-likeness (QED) is 0.712. The molecule has 0 N–H and O–H groups in total. The molecule has 20 heavy (non-hydrogen) atoms. The molecule has 3 aromatic heterocycles. The molecule has 0 atom stereocenters. The van der Waals surface area contributed by atoms with Gasteiger partial charge in [-0.1, -0.05) is 6.07 Å². The van der Waals surface area contributed by atoms with Gasteiger partial charge in [-0.25, -0.2) is 0 Å². The lowest BCUT2D eigenvalue weighted by Crippen LogP contribution is -1.95. The summed E-state index contributed by atoms with van der Waals surface area (Å²) in [6.45, 7) is 3.05. The first kappa shape index (κ1) is 11.9. The van der Waals surface area contributed by atoms with E-state index in [1.807, 2.05) is 13.0 Å². The average Bonchev–Trinajstić information content (AvgIpc) is 3.14. The van der Waals surface area contributed by atoms with Crippen molar-refractivity contribution in [1.29, 1.82) is 0 Å². The van der Waals surface area contributed by atoms with Crippen LogP contribution in [0.25, 0.3) is 22.5 Å². The van der Waals surface area contributed by atoms with Crippen molar-refractivity contribution in [2.24, 2.45) is 0 Å². The minimum atomic E-state index is 0.980. The van der Waals surface area contributed by atoms with Crippen molar-refractivity contribution >= 4 is 11.3 Å². The molecule has 3 nitrogen and oxygen atoms in total. The Morgan fingerprint density at radius 3 is 3.00 bits per heavy atom. The third-order valence-corrected chi connectivity index (χ3v) is 4.47. The van der Waals surface area contributed by atoms with Crippen LogP contribution in [0, 0.1) is 6.92 Å². The van der Waals surface area contributed by atoms with Gasteiger partial charge in [-0.15, -0.1) is 0 Å². The smallest absolute Gasteiger partial charge is 0.119 e. The van der Waals surface area contributed by atoms with E-state index in [1.54, 1.807) is 11.3 Å². The van der Waals surface area contributed by atoms with Gasteiger partial charge in [-0.3, -0.25) is 9.67 Å².